The van der Waals surface area contributed by atoms with E-state index in [9.17, 15) is 15.3 Å². The van der Waals surface area contributed by atoms with Crippen LogP contribution in [0.4, 0.5) is 5.82 Å². The average Bonchev–Trinajstić information content (AvgIpc) is 2.99. The van der Waals surface area contributed by atoms with E-state index in [1.807, 2.05) is 0 Å². The standard InChI is InChI=1S/C13H15N5O4/c1-3-13(5-19)9(21)8(20)11(22-13)18-6-15-7-4-16-12(2,14)17-10(7)18/h1,4,6,9,17,19-21H,5,14H2,2H3/t9?,12?,13-/m1/s1. The fourth-order valence-electron chi connectivity index (χ4n) is 2.27. The summed E-state index contributed by atoms with van der Waals surface area (Å²) in [4.78, 5) is 8.16. The number of aliphatic hydroxyl groups is 3. The number of aliphatic imine (C=N–C) groups is 1. The molecule has 116 valence electrons. The molecule has 0 fully saturated rings. The van der Waals surface area contributed by atoms with Gasteiger partial charge in [-0.15, -0.1) is 6.42 Å². The first-order valence-electron chi connectivity index (χ1n) is 6.42. The Morgan fingerprint density at radius 3 is 2.95 bits per heavy atom. The van der Waals surface area contributed by atoms with E-state index in [2.05, 4.69) is 21.2 Å². The first kappa shape index (κ1) is 14.4. The number of nitrogens with two attached hydrogens (primary N) is 1. The minimum absolute atomic E-state index is 0.133. The van der Waals surface area contributed by atoms with Crippen LogP contribution in [0.15, 0.2) is 17.1 Å². The van der Waals surface area contributed by atoms with E-state index < -0.39 is 29.9 Å². The summed E-state index contributed by atoms with van der Waals surface area (Å²) in [5, 5.41) is 32.5. The van der Waals surface area contributed by atoms with E-state index in [0.29, 0.717) is 11.5 Å². The minimum Gasteiger partial charge on any atom is -0.505 e. The number of hydrogen-bond donors (Lipinski definition) is 5. The maximum Gasteiger partial charge on any atom is 0.244 e. The molecule has 0 saturated heterocycles. The van der Waals surface area contributed by atoms with Gasteiger partial charge in [-0.25, -0.2) is 9.98 Å². The van der Waals surface area contributed by atoms with Crippen molar-refractivity contribution in [2.45, 2.75) is 24.4 Å². The third-order valence-corrected chi connectivity index (χ3v) is 3.52. The monoisotopic (exact) mass is 305 g/mol. The van der Waals surface area contributed by atoms with Crippen LogP contribution < -0.4 is 11.1 Å². The van der Waals surface area contributed by atoms with Crippen LogP contribution in [0, 0.1) is 12.3 Å². The summed E-state index contributed by atoms with van der Waals surface area (Å²) >= 11 is 0. The van der Waals surface area contributed by atoms with E-state index in [4.69, 9.17) is 16.9 Å². The Labute approximate surface area is 125 Å². The number of imidazole rings is 1. The number of aliphatic hydroxyl groups excluding tert-OH is 3. The lowest BCUT2D eigenvalue weighted by molar-refractivity contribution is -0.0355. The molecule has 2 aliphatic rings. The molecule has 0 radical (unpaired) electrons. The second kappa shape index (κ2) is 4.48. The summed E-state index contributed by atoms with van der Waals surface area (Å²) in [5.74, 6) is 0.889. The third-order valence-electron chi connectivity index (χ3n) is 3.52. The molecule has 9 nitrogen and oxygen atoms in total. The number of fused-ring (bicyclic) bond motifs is 1. The van der Waals surface area contributed by atoms with E-state index in [1.54, 1.807) is 6.92 Å². The molecule has 0 aliphatic carbocycles. The van der Waals surface area contributed by atoms with Crippen molar-refractivity contribution >= 4 is 17.9 Å². The predicted octanol–water partition coefficient (Wildman–Crippen LogP) is -1.20. The van der Waals surface area contributed by atoms with Gasteiger partial charge in [-0.1, -0.05) is 5.92 Å². The third kappa shape index (κ3) is 1.86. The highest BCUT2D eigenvalue weighted by molar-refractivity contribution is 5.87. The molecule has 9 heteroatoms. The molecule has 1 aromatic heterocycles. The van der Waals surface area contributed by atoms with Crippen molar-refractivity contribution in [3.05, 3.63) is 17.8 Å². The summed E-state index contributed by atoms with van der Waals surface area (Å²) in [7, 11) is 0. The molecule has 2 unspecified atom stereocenters. The van der Waals surface area contributed by atoms with Crippen LogP contribution in [0.5, 0.6) is 0 Å². The molecule has 22 heavy (non-hydrogen) atoms. The highest BCUT2D eigenvalue weighted by Gasteiger charge is 2.50. The Morgan fingerprint density at radius 2 is 2.36 bits per heavy atom. The number of anilines is 1. The van der Waals surface area contributed by atoms with Crippen molar-refractivity contribution in [1.82, 2.24) is 9.55 Å². The van der Waals surface area contributed by atoms with Crippen LogP contribution in [0.1, 0.15) is 12.6 Å². The molecule has 0 bridgehead atoms. The molecule has 2 aliphatic heterocycles. The van der Waals surface area contributed by atoms with Gasteiger partial charge in [0.1, 0.15) is 17.8 Å². The minimum atomic E-state index is -1.74. The zero-order chi connectivity index (χ0) is 16.1. The molecule has 3 heterocycles. The lowest BCUT2D eigenvalue weighted by Gasteiger charge is -2.27. The average molecular weight is 305 g/mol. The topological polar surface area (TPSA) is 138 Å². The normalized spacial score (nSPS) is 33.1. The lowest BCUT2D eigenvalue weighted by Crippen LogP contribution is -2.45. The first-order chi connectivity index (χ1) is 10.3. The second-order valence-corrected chi connectivity index (χ2v) is 5.27. The molecule has 0 spiro atoms. The number of nitrogens with zero attached hydrogens (tertiary/aromatic N) is 3. The maximum atomic E-state index is 10.1. The molecule has 1 aromatic rings. The van der Waals surface area contributed by atoms with E-state index in [-0.39, 0.29) is 5.88 Å². The number of aromatic nitrogens is 2. The van der Waals surface area contributed by atoms with Gasteiger partial charge in [-0.3, -0.25) is 10.3 Å². The van der Waals surface area contributed by atoms with Crippen LogP contribution in [-0.4, -0.2) is 55.2 Å². The molecule has 3 rings (SSSR count). The lowest BCUT2D eigenvalue weighted by atomic mass is 9.99. The summed E-state index contributed by atoms with van der Waals surface area (Å²) < 4.78 is 6.79. The SMILES string of the molecule is C#C[C@]1(CO)OC(n2cnc3c2NC(C)(N)N=C3)=C(O)C1O. The summed E-state index contributed by atoms with van der Waals surface area (Å²) in [6.45, 7) is 0.973. The molecule has 6 N–H and O–H groups in total. The summed E-state index contributed by atoms with van der Waals surface area (Å²) in [5.41, 5.74) is 4.63. The van der Waals surface area contributed by atoms with Crippen LogP contribution in [-0.2, 0) is 4.74 Å². The van der Waals surface area contributed by atoms with Crippen LogP contribution in [0.3, 0.4) is 0 Å². The van der Waals surface area contributed by atoms with Crippen molar-refractivity contribution < 1.29 is 20.1 Å². The number of hydrogen-bond acceptors (Lipinski definition) is 8. The van der Waals surface area contributed by atoms with Crippen LogP contribution >= 0.6 is 0 Å². The summed E-state index contributed by atoms with van der Waals surface area (Å²) in [6, 6.07) is 0. The van der Waals surface area contributed by atoms with E-state index >= 15 is 0 Å². The van der Waals surface area contributed by atoms with Gasteiger partial charge in [-0.2, -0.15) is 0 Å². The largest absolute Gasteiger partial charge is 0.505 e. The fraction of sp³-hybridized carbons (Fsp3) is 0.385. The van der Waals surface area contributed by atoms with Gasteiger partial charge in [0.25, 0.3) is 0 Å². The van der Waals surface area contributed by atoms with Crippen LogP contribution in [0.2, 0.25) is 0 Å². The molecule has 0 amide bonds. The maximum absolute atomic E-state index is 10.1. The van der Waals surface area contributed by atoms with E-state index in [1.165, 1.54) is 17.1 Å². The van der Waals surface area contributed by atoms with Gasteiger partial charge in [0, 0.05) is 0 Å². The molecule has 0 saturated carbocycles. The van der Waals surface area contributed by atoms with Crippen LogP contribution in [0.25, 0.3) is 5.88 Å². The van der Waals surface area contributed by atoms with Crippen molar-refractivity contribution in [3.63, 3.8) is 0 Å². The first-order valence-corrected chi connectivity index (χ1v) is 6.42. The van der Waals surface area contributed by atoms with Gasteiger partial charge in [0.15, 0.2) is 17.6 Å². The number of rotatable bonds is 2. The predicted molar refractivity (Wildman–Crippen MR) is 77.6 cm³/mol. The Balaban J connectivity index is 2.06. The quantitative estimate of drug-likeness (QED) is 0.433. The zero-order valence-corrected chi connectivity index (χ0v) is 11.7. The second-order valence-electron chi connectivity index (χ2n) is 5.27. The molecular weight excluding hydrogens is 290 g/mol. The van der Waals surface area contributed by atoms with Gasteiger partial charge in [0.2, 0.25) is 11.5 Å². The van der Waals surface area contributed by atoms with Crippen molar-refractivity contribution in [3.8, 4) is 12.3 Å². The van der Waals surface area contributed by atoms with Gasteiger partial charge >= 0.3 is 0 Å². The van der Waals surface area contributed by atoms with Crippen molar-refractivity contribution in [1.29, 1.82) is 0 Å². The number of nitrogens with one attached hydrogen (secondary N) is 1. The highest BCUT2D eigenvalue weighted by atomic mass is 16.6. The van der Waals surface area contributed by atoms with Gasteiger partial charge in [-0.05, 0) is 6.92 Å². The fourth-order valence-corrected chi connectivity index (χ4v) is 2.27. The Hall–Kier alpha value is -2.54. The van der Waals surface area contributed by atoms with Gasteiger partial charge in [0.05, 0.1) is 12.8 Å². The Bertz CT molecular complexity index is 729. The zero-order valence-electron chi connectivity index (χ0n) is 11.7. The molecular formula is C13H15N5O4. The smallest absolute Gasteiger partial charge is 0.244 e. The highest BCUT2D eigenvalue weighted by Crippen LogP contribution is 2.37. The molecule has 0 aromatic carbocycles. The Morgan fingerprint density at radius 1 is 1.64 bits per heavy atom. The van der Waals surface area contributed by atoms with Gasteiger partial charge < -0.3 is 25.4 Å². The van der Waals surface area contributed by atoms with Crippen molar-refractivity contribution in [2.75, 3.05) is 11.9 Å². The molecule has 3 atom stereocenters. The summed E-state index contributed by atoms with van der Waals surface area (Å²) in [6.07, 6.45) is 6.59. The van der Waals surface area contributed by atoms with E-state index in [0.717, 1.165) is 0 Å². The Kier molecular flexibility index (Phi) is 2.93. The number of terminal acetylenes is 1. The number of ether oxygens (including phenoxy) is 1. The van der Waals surface area contributed by atoms with Crippen molar-refractivity contribution in [2.24, 2.45) is 10.7 Å².